The summed E-state index contributed by atoms with van der Waals surface area (Å²) in [5.74, 6) is 0.794. The Bertz CT molecular complexity index is 1480. The molecule has 204 valence electrons. The molecule has 3 N–H and O–H groups in total. The minimum absolute atomic E-state index is 0.150. The monoisotopic (exact) mass is 556 g/mol. The van der Waals surface area contributed by atoms with Crippen LogP contribution in [-0.4, -0.2) is 45.1 Å². The molecule has 0 spiro atoms. The van der Waals surface area contributed by atoms with Gasteiger partial charge in [-0.3, -0.25) is 19.5 Å². The first-order valence-corrected chi connectivity index (χ1v) is 14.0. The number of aromatic nitrogens is 2. The van der Waals surface area contributed by atoms with Crippen LogP contribution < -0.4 is 25.6 Å². The van der Waals surface area contributed by atoms with E-state index in [0.717, 1.165) is 30.5 Å². The highest BCUT2D eigenvalue weighted by atomic mass is 32.2. The lowest BCUT2D eigenvalue weighted by molar-refractivity contribution is -0.122. The fraction of sp³-hybridized carbons (Fsp3) is 0.276. The van der Waals surface area contributed by atoms with Gasteiger partial charge in [0, 0.05) is 29.5 Å². The molecule has 0 saturated heterocycles. The van der Waals surface area contributed by atoms with Crippen LogP contribution in [0.2, 0.25) is 0 Å². The highest BCUT2D eigenvalue weighted by molar-refractivity contribution is 8.01. The Morgan fingerprint density at radius 2 is 1.82 bits per heavy atom. The number of rotatable bonds is 7. The second-order valence-electron chi connectivity index (χ2n) is 9.95. The maximum atomic E-state index is 13.5. The molecule has 4 amide bonds. The Labute approximate surface area is 235 Å². The SMILES string of the molecule is C=CC(=O)N[C@H]1CCC[C@H]1NC(=O)C1Sc2nccc3c2C1NC(=O)N3c1ccc(Oc2ccc(C)nc2)cc1. The average molecular weight is 557 g/mol. The second kappa shape index (κ2) is 10.6. The van der Waals surface area contributed by atoms with E-state index in [4.69, 9.17) is 4.74 Å². The zero-order valence-electron chi connectivity index (χ0n) is 21.8. The van der Waals surface area contributed by atoms with Gasteiger partial charge in [0.25, 0.3) is 0 Å². The average Bonchev–Trinajstić information content (AvgIpc) is 3.55. The Balaban J connectivity index is 1.20. The number of hydrogen-bond acceptors (Lipinski definition) is 7. The van der Waals surface area contributed by atoms with E-state index in [2.05, 4.69) is 32.5 Å². The van der Waals surface area contributed by atoms with Gasteiger partial charge in [-0.15, -0.1) is 0 Å². The summed E-state index contributed by atoms with van der Waals surface area (Å²) in [5, 5.41) is 9.18. The van der Waals surface area contributed by atoms with E-state index in [-0.39, 0.29) is 29.9 Å². The van der Waals surface area contributed by atoms with Crippen molar-refractivity contribution in [1.82, 2.24) is 25.9 Å². The van der Waals surface area contributed by atoms with Crippen molar-refractivity contribution in [2.45, 2.75) is 54.6 Å². The number of carbonyl (C=O) groups is 3. The van der Waals surface area contributed by atoms with Crippen LogP contribution in [0.25, 0.3) is 0 Å². The molecule has 4 heterocycles. The molecule has 3 aliphatic rings. The van der Waals surface area contributed by atoms with Crippen molar-refractivity contribution >= 4 is 41.0 Å². The zero-order valence-corrected chi connectivity index (χ0v) is 22.6. The van der Waals surface area contributed by atoms with Crippen LogP contribution in [0.5, 0.6) is 11.5 Å². The van der Waals surface area contributed by atoms with Gasteiger partial charge in [-0.1, -0.05) is 18.3 Å². The van der Waals surface area contributed by atoms with E-state index in [0.29, 0.717) is 27.9 Å². The first-order valence-electron chi connectivity index (χ1n) is 13.1. The third-order valence-electron chi connectivity index (χ3n) is 7.34. The number of ether oxygens (including phenoxy) is 1. The fourth-order valence-corrected chi connectivity index (χ4v) is 6.64. The van der Waals surface area contributed by atoms with E-state index < -0.39 is 11.3 Å². The molecule has 4 atom stereocenters. The first-order chi connectivity index (χ1) is 19.4. The summed E-state index contributed by atoms with van der Waals surface area (Å²) in [4.78, 5) is 49.1. The van der Waals surface area contributed by atoms with Crippen LogP contribution in [0.1, 0.15) is 36.6 Å². The fourth-order valence-electron chi connectivity index (χ4n) is 5.41. The molecule has 1 aliphatic carbocycles. The molecule has 10 nitrogen and oxygen atoms in total. The van der Waals surface area contributed by atoms with E-state index in [1.807, 2.05) is 31.2 Å². The molecule has 1 saturated carbocycles. The maximum Gasteiger partial charge on any atom is 0.327 e. The minimum Gasteiger partial charge on any atom is -0.456 e. The third kappa shape index (κ3) is 4.88. The third-order valence-corrected chi connectivity index (χ3v) is 8.62. The number of nitrogens with zero attached hydrogens (tertiary/aromatic N) is 3. The molecule has 1 aromatic carbocycles. The number of hydrogen-bond donors (Lipinski definition) is 3. The quantitative estimate of drug-likeness (QED) is 0.371. The second-order valence-corrected chi connectivity index (χ2v) is 11.1. The molecule has 40 heavy (non-hydrogen) atoms. The van der Waals surface area contributed by atoms with Gasteiger partial charge >= 0.3 is 6.03 Å². The summed E-state index contributed by atoms with van der Waals surface area (Å²) in [6, 6.07) is 11.6. The Kier molecular flexibility index (Phi) is 6.89. The Morgan fingerprint density at radius 3 is 2.55 bits per heavy atom. The molecule has 0 radical (unpaired) electrons. The van der Waals surface area contributed by atoms with Crippen molar-refractivity contribution in [3.8, 4) is 11.5 Å². The van der Waals surface area contributed by atoms with Crippen LogP contribution in [0.4, 0.5) is 16.2 Å². The maximum absolute atomic E-state index is 13.5. The Morgan fingerprint density at radius 1 is 1.07 bits per heavy atom. The van der Waals surface area contributed by atoms with Crippen molar-refractivity contribution in [1.29, 1.82) is 0 Å². The summed E-state index contributed by atoms with van der Waals surface area (Å²) < 4.78 is 5.88. The van der Waals surface area contributed by atoms with Crippen LogP contribution in [0, 0.1) is 6.92 Å². The standard InChI is InChI=1S/C29H28N6O4S/c1-3-23(36)32-20-5-4-6-21(20)33-27(37)26-25-24-22(13-14-30-28(24)40-26)35(29(38)34-25)17-8-11-18(12-9-17)39-19-10-7-16(2)31-15-19/h3,7-15,20-21,25-26H,1,4-6H2,2H3,(H,32,36)(H,33,37)(H,34,38)/t20-,21+,25?,26?/m0/s1. The van der Waals surface area contributed by atoms with Crippen LogP contribution in [0.3, 0.4) is 0 Å². The minimum atomic E-state index is -0.579. The smallest absolute Gasteiger partial charge is 0.327 e. The number of urea groups is 1. The van der Waals surface area contributed by atoms with E-state index >= 15 is 0 Å². The molecule has 2 aliphatic heterocycles. The highest BCUT2D eigenvalue weighted by Gasteiger charge is 2.47. The van der Waals surface area contributed by atoms with Crippen molar-refractivity contribution in [2.24, 2.45) is 0 Å². The number of pyridine rings is 2. The van der Waals surface area contributed by atoms with Crippen LogP contribution in [0.15, 0.2) is 72.5 Å². The van der Waals surface area contributed by atoms with Crippen molar-refractivity contribution in [3.05, 3.63) is 78.8 Å². The normalized spacial score (nSPS) is 22.7. The molecular formula is C29H28N6O4S. The molecule has 2 unspecified atom stereocenters. The van der Waals surface area contributed by atoms with Crippen molar-refractivity contribution in [2.75, 3.05) is 4.90 Å². The topological polar surface area (TPSA) is 126 Å². The number of nitrogens with one attached hydrogen (secondary N) is 3. The van der Waals surface area contributed by atoms with Crippen LogP contribution in [-0.2, 0) is 9.59 Å². The Hall–Kier alpha value is -4.38. The van der Waals surface area contributed by atoms with Gasteiger partial charge in [-0.2, -0.15) is 0 Å². The van der Waals surface area contributed by atoms with Gasteiger partial charge in [0.15, 0.2) is 0 Å². The zero-order chi connectivity index (χ0) is 27.8. The summed E-state index contributed by atoms with van der Waals surface area (Å²) in [5.41, 5.74) is 3.07. The number of amides is 4. The lowest BCUT2D eigenvalue weighted by atomic mass is 9.99. The summed E-state index contributed by atoms with van der Waals surface area (Å²) in [7, 11) is 0. The van der Waals surface area contributed by atoms with Gasteiger partial charge in [0.05, 0.1) is 23.6 Å². The van der Waals surface area contributed by atoms with Gasteiger partial charge in [-0.25, -0.2) is 9.78 Å². The van der Waals surface area contributed by atoms with E-state index in [9.17, 15) is 14.4 Å². The molecular weight excluding hydrogens is 528 g/mol. The number of carbonyl (C=O) groups excluding carboxylic acids is 3. The molecule has 6 rings (SSSR count). The van der Waals surface area contributed by atoms with Gasteiger partial charge in [0.2, 0.25) is 11.8 Å². The van der Waals surface area contributed by atoms with Gasteiger partial charge in [0.1, 0.15) is 21.8 Å². The van der Waals surface area contributed by atoms with Crippen molar-refractivity contribution in [3.63, 3.8) is 0 Å². The summed E-state index contributed by atoms with van der Waals surface area (Å²) >= 11 is 1.34. The number of benzene rings is 1. The molecule has 11 heteroatoms. The van der Waals surface area contributed by atoms with Gasteiger partial charge < -0.3 is 20.7 Å². The molecule has 1 fully saturated rings. The highest BCUT2D eigenvalue weighted by Crippen LogP contribution is 2.50. The largest absolute Gasteiger partial charge is 0.456 e. The predicted octanol–water partition coefficient (Wildman–Crippen LogP) is 4.29. The summed E-state index contributed by atoms with van der Waals surface area (Å²) in [6.07, 6.45) is 7.01. The van der Waals surface area contributed by atoms with Crippen LogP contribution >= 0.6 is 11.8 Å². The van der Waals surface area contributed by atoms with Crippen molar-refractivity contribution < 1.29 is 19.1 Å². The van der Waals surface area contributed by atoms with Gasteiger partial charge in [-0.05, 0) is 74.7 Å². The number of anilines is 2. The number of thioether (sulfide) groups is 1. The number of aryl methyl sites for hydroxylation is 1. The van der Waals surface area contributed by atoms with E-state index in [1.54, 1.807) is 35.5 Å². The molecule has 0 bridgehead atoms. The predicted molar refractivity (Wildman–Crippen MR) is 151 cm³/mol. The molecule has 3 aromatic rings. The summed E-state index contributed by atoms with van der Waals surface area (Å²) in [6.45, 7) is 5.42. The lowest BCUT2D eigenvalue weighted by Crippen LogP contribution is -2.53. The molecule has 2 aromatic heterocycles. The first kappa shape index (κ1) is 25.9. The lowest BCUT2D eigenvalue weighted by Gasteiger charge is -2.34. The van der Waals surface area contributed by atoms with E-state index in [1.165, 1.54) is 17.8 Å².